The third-order valence-corrected chi connectivity index (χ3v) is 2.83. The molecule has 2 aromatic rings. The van der Waals surface area contributed by atoms with Gasteiger partial charge < -0.3 is 10.1 Å². The largest absolute Gasteiger partial charge is 0.372 e. The molecule has 1 unspecified atom stereocenters. The predicted molar refractivity (Wildman–Crippen MR) is 76.6 cm³/mol. The average Bonchev–Trinajstić information content (AvgIpc) is 3.01. The third-order valence-electron chi connectivity index (χ3n) is 2.83. The Morgan fingerprint density at radius 3 is 2.90 bits per heavy atom. The zero-order valence-corrected chi connectivity index (χ0v) is 11.7. The maximum absolute atomic E-state index is 11.6. The molecule has 1 atom stereocenters. The van der Waals surface area contributed by atoms with Gasteiger partial charge in [0, 0.05) is 18.4 Å². The van der Waals surface area contributed by atoms with Gasteiger partial charge in [-0.25, -0.2) is 4.68 Å². The molecular formula is C15H16N4O2. The van der Waals surface area contributed by atoms with Crippen LogP contribution in [0.3, 0.4) is 0 Å². The molecule has 1 heterocycles. The van der Waals surface area contributed by atoms with Crippen LogP contribution in [0.15, 0.2) is 42.7 Å². The smallest absolute Gasteiger partial charge is 0.247 e. The van der Waals surface area contributed by atoms with Gasteiger partial charge in [-0.2, -0.15) is 10.4 Å². The van der Waals surface area contributed by atoms with Crippen LogP contribution < -0.4 is 5.32 Å². The van der Waals surface area contributed by atoms with Crippen molar-refractivity contribution in [2.24, 2.45) is 0 Å². The molecule has 2 rings (SSSR count). The molecule has 21 heavy (non-hydrogen) atoms. The van der Waals surface area contributed by atoms with Crippen LogP contribution in [-0.4, -0.2) is 28.9 Å². The van der Waals surface area contributed by atoms with Crippen molar-refractivity contribution in [2.75, 3.05) is 13.2 Å². The maximum Gasteiger partial charge on any atom is 0.247 e. The molecule has 6 heteroatoms. The number of nitriles is 1. The van der Waals surface area contributed by atoms with E-state index >= 15 is 0 Å². The number of amides is 1. The van der Waals surface area contributed by atoms with E-state index in [0.29, 0.717) is 12.2 Å². The van der Waals surface area contributed by atoms with E-state index in [0.717, 1.165) is 5.69 Å². The van der Waals surface area contributed by atoms with Gasteiger partial charge in [0.05, 0.1) is 18.0 Å². The number of ether oxygens (including phenoxy) is 1. The van der Waals surface area contributed by atoms with E-state index in [2.05, 4.69) is 10.4 Å². The van der Waals surface area contributed by atoms with Gasteiger partial charge in [-0.3, -0.25) is 4.79 Å². The second-order valence-electron chi connectivity index (χ2n) is 4.32. The monoisotopic (exact) mass is 284 g/mol. The minimum absolute atomic E-state index is 0.0541. The predicted octanol–water partition coefficient (Wildman–Crippen LogP) is 1.59. The number of aromatic nitrogens is 2. The average molecular weight is 284 g/mol. The summed E-state index contributed by atoms with van der Waals surface area (Å²) in [4.78, 5) is 11.6. The SMILES string of the molecule is CCOCC(=O)NC(C#N)c1cnn(-c2ccccc2)c1. The van der Waals surface area contributed by atoms with E-state index in [1.807, 2.05) is 36.4 Å². The van der Waals surface area contributed by atoms with Crippen LogP contribution in [0.1, 0.15) is 18.5 Å². The highest BCUT2D eigenvalue weighted by Crippen LogP contribution is 2.14. The summed E-state index contributed by atoms with van der Waals surface area (Å²) in [6, 6.07) is 10.9. The highest BCUT2D eigenvalue weighted by Gasteiger charge is 2.16. The fraction of sp³-hybridized carbons (Fsp3) is 0.267. The molecule has 0 saturated heterocycles. The lowest BCUT2D eigenvalue weighted by Gasteiger charge is -2.09. The molecule has 0 radical (unpaired) electrons. The normalized spacial score (nSPS) is 11.6. The number of rotatable bonds is 6. The Labute approximate surface area is 123 Å². The molecule has 0 bridgehead atoms. The summed E-state index contributed by atoms with van der Waals surface area (Å²) in [5, 5.41) is 16.0. The Hall–Kier alpha value is -2.65. The molecular weight excluding hydrogens is 268 g/mol. The Bertz CT molecular complexity index is 631. The van der Waals surface area contributed by atoms with Crippen LogP contribution in [0.2, 0.25) is 0 Å². The van der Waals surface area contributed by atoms with Gasteiger partial charge in [-0.05, 0) is 19.1 Å². The summed E-state index contributed by atoms with van der Waals surface area (Å²) in [5.41, 5.74) is 1.52. The van der Waals surface area contributed by atoms with Crippen molar-refractivity contribution in [1.29, 1.82) is 5.26 Å². The highest BCUT2D eigenvalue weighted by molar-refractivity contribution is 5.78. The van der Waals surface area contributed by atoms with E-state index in [-0.39, 0.29) is 12.5 Å². The van der Waals surface area contributed by atoms with Gasteiger partial charge in [-0.15, -0.1) is 0 Å². The maximum atomic E-state index is 11.6. The number of nitrogens with zero attached hydrogens (tertiary/aromatic N) is 3. The van der Waals surface area contributed by atoms with Crippen LogP contribution in [0.4, 0.5) is 0 Å². The standard InChI is InChI=1S/C15H16N4O2/c1-2-21-11-15(20)18-14(8-16)12-9-17-19(10-12)13-6-4-3-5-7-13/h3-7,9-10,14H,2,11H2,1H3,(H,18,20). The number of nitrogens with one attached hydrogen (secondary N) is 1. The van der Waals surface area contributed by atoms with Crippen molar-refractivity contribution in [2.45, 2.75) is 13.0 Å². The van der Waals surface area contributed by atoms with Crippen molar-refractivity contribution in [3.63, 3.8) is 0 Å². The summed E-state index contributed by atoms with van der Waals surface area (Å²) in [6.45, 7) is 2.21. The minimum Gasteiger partial charge on any atom is -0.372 e. The molecule has 1 aromatic carbocycles. The van der Waals surface area contributed by atoms with Gasteiger partial charge >= 0.3 is 0 Å². The second kappa shape index (κ2) is 7.22. The van der Waals surface area contributed by atoms with Crippen molar-refractivity contribution < 1.29 is 9.53 Å². The number of hydrogen-bond acceptors (Lipinski definition) is 4. The summed E-state index contributed by atoms with van der Waals surface area (Å²) < 4.78 is 6.67. The first-order chi connectivity index (χ1) is 10.2. The van der Waals surface area contributed by atoms with Gasteiger partial charge in [0.25, 0.3) is 0 Å². The summed E-state index contributed by atoms with van der Waals surface area (Å²) in [6.07, 6.45) is 3.30. The first kappa shape index (κ1) is 14.8. The molecule has 108 valence electrons. The van der Waals surface area contributed by atoms with E-state index in [9.17, 15) is 10.1 Å². The fourth-order valence-electron chi connectivity index (χ4n) is 1.80. The third kappa shape index (κ3) is 3.91. The van der Waals surface area contributed by atoms with E-state index in [4.69, 9.17) is 4.74 Å². The topological polar surface area (TPSA) is 79.9 Å². The quantitative estimate of drug-likeness (QED) is 0.873. The summed E-state index contributed by atoms with van der Waals surface area (Å²) in [7, 11) is 0. The van der Waals surface area contributed by atoms with Crippen LogP contribution in [0.5, 0.6) is 0 Å². The van der Waals surface area contributed by atoms with Crippen molar-refractivity contribution in [3.8, 4) is 11.8 Å². The van der Waals surface area contributed by atoms with Crippen molar-refractivity contribution >= 4 is 5.91 Å². The first-order valence-electron chi connectivity index (χ1n) is 6.61. The van der Waals surface area contributed by atoms with Gasteiger partial charge in [0.1, 0.15) is 12.6 Å². The second-order valence-corrected chi connectivity index (χ2v) is 4.32. The van der Waals surface area contributed by atoms with E-state index in [1.165, 1.54) is 0 Å². The van der Waals surface area contributed by atoms with Crippen LogP contribution >= 0.6 is 0 Å². The number of hydrogen-bond donors (Lipinski definition) is 1. The van der Waals surface area contributed by atoms with E-state index < -0.39 is 6.04 Å². The Kier molecular flexibility index (Phi) is 5.07. The lowest BCUT2D eigenvalue weighted by molar-refractivity contribution is -0.125. The minimum atomic E-state index is -0.740. The number of carbonyl (C=O) groups is 1. The van der Waals surface area contributed by atoms with Gasteiger partial charge in [0.2, 0.25) is 5.91 Å². The van der Waals surface area contributed by atoms with Gasteiger partial charge in [-0.1, -0.05) is 18.2 Å². The molecule has 1 amide bonds. The molecule has 0 saturated carbocycles. The first-order valence-corrected chi connectivity index (χ1v) is 6.61. The van der Waals surface area contributed by atoms with Crippen LogP contribution in [0.25, 0.3) is 5.69 Å². The van der Waals surface area contributed by atoms with Crippen LogP contribution in [0, 0.1) is 11.3 Å². The zero-order valence-electron chi connectivity index (χ0n) is 11.7. The summed E-state index contributed by atoms with van der Waals surface area (Å²) >= 11 is 0. The molecule has 0 aliphatic carbocycles. The summed E-state index contributed by atoms with van der Waals surface area (Å²) in [5.74, 6) is -0.323. The van der Waals surface area contributed by atoms with Crippen molar-refractivity contribution in [3.05, 3.63) is 48.3 Å². The van der Waals surface area contributed by atoms with Crippen LogP contribution in [-0.2, 0) is 9.53 Å². The number of para-hydroxylation sites is 1. The molecule has 0 spiro atoms. The fourth-order valence-corrected chi connectivity index (χ4v) is 1.80. The molecule has 0 aliphatic heterocycles. The molecule has 0 fully saturated rings. The van der Waals surface area contributed by atoms with Crippen molar-refractivity contribution in [1.82, 2.24) is 15.1 Å². The lowest BCUT2D eigenvalue weighted by Crippen LogP contribution is -2.30. The molecule has 0 aliphatic rings. The highest BCUT2D eigenvalue weighted by atomic mass is 16.5. The van der Waals surface area contributed by atoms with E-state index in [1.54, 1.807) is 24.0 Å². The number of benzene rings is 1. The lowest BCUT2D eigenvalue weighted by atomic mass is 10.2. The van der Waals surface area contributed by atoms with Gasteiger partial charge in [0.15, 0.2) is 0 Å². The number of carbonyl (C=O) groups excluding carboxylic acids is 1. The molecule has 1 aromatic heterocycles. The Morgan fingerprint density at radius 1 is 1.48 bits per heavy atom. The Balaban J connectivity index is 2.08. The molecule has 1 N–H and O–H groups in total. The molecule has 6 nitrogen and oxygen atoms in total. The Morgan fingerprint density at radius 2 is 2.24 bits per heavy atom. The zero-order chi connectivity index (χ0) is 15.1.